The zero-order chi connectivity index (χ0) is 14.9. The lowest BCUT2D eigenvalue weighted by Gasteiger charge is -2.32. The van der Waals surface area contributed by atoms with Gasteiger partial charge in [0.25, 0.3) is 0 Å². The largest absolute Gasteiger partial charge is 0.385 e. The summed E-state index contributed by atoms with van der Waals surface area (Å²) in [7, 11) is 1.68. The second-order valence-corrected chi connectivity index (χ2v) is 5.70. The van der Waals surface area contributed by atoms with Crippen molar-refractivity contribution in [2.24, 2.45) is 5.92 Å². The Morgan fingerprint density at radius 2 is 2.19 bits per heavy atom. The molecule has 1 fully saturated rings. The second kappa shape index (κ2) is 8.80. The monoisotopic (exact) mass is 290 g/mol. The van der Waals surface area contributed by atoms with E-state index in [2.05, 4.69) is 34.5 Å². The zero-order valence-corrected chi connectivity index (χ0v) is 12.9. The molecular weight excluding hydrogens is 264 g/mol. The summed E-state index contributed by atoms with van der Waals surface area (Å²) in [5.74, 6) is 0.328. The first-order valence-electron chi connectivity index (χ1n) is 7.82. The van der Waals surface area contributed by atoms with Crippen LogP contribution in [-0.2, 0) is 16.1 Å². The van der Waals surface area contributed by atoms with Crippen LogP contribution >= 0.6 is 0 Å². The first kappa shape index (κ1) is 16.0. The molecule has 116 valence electrons. The van der Waals surface area contributed by atoms with Crippen molar-refractivity contribution in [2.75, 3.05) is 33.4 Å². The maximum Gasteiger partial charge on any atom is 0.224 e. The smallest absolute Gasteiger partial charge is 0.224 e. The number of nitrogens with one attached hydrogen (secondary N) is 1. The molecule has 1 amide bonds. The molecular formula is C17H26N2O2. The Bertz CT molecular complexity index is 422. The number of rotatable bonds is 7. The molecule has 0 bridgehead atoms. The van der Waals surface area contributed by atoms with Gasteiger partial charge in [-0.15, -0.1) is 0 Å². The first-order chi connectivity index (χ1) is 10.3. The molecule has 1 heterocycles. The second-order valence-electron chi connectivity index (χ2n) is 5.70. The molecule has 1 atom stereocenters. The number of methoxy groups -OCH3 is 1. The number of likely N-dealkylation sites (tertiary alicyclic amines) is 1. The third kappa shape index (κ3) is 5.48. The number of hydrogen-bond donors (Lipinski definition) is 1. The molecule has 2 rings (SSSR count). The fourth-order valence-electron chi connectivity index (χ4n) is 2.83. The molecule has 1 aliphatic rings. The van der Waals surface area contributed by atoms with Crippen molar-refractivity contribution in [2.45, 2.75) is 25.8 Å². The fraction of sp³-hybridized carbons (Fsp3) is 0.588. The normalized spacial score (nSPS) is 19.4. The van der Waals surface area contributed by atoms with Gasteiger partial charge >= 0.3 is 0 Å². The van der Waals surface area contributed by atoms with Crippen molar-refractivity contribution in [3.8, 4) is 0 Å². The Balaban J connectivity index is 1.76. The molecule has 4 heteroatoms. The van der Waals surface area contributed by atoms with Crippen LogP contribution in [0.15, 0.2) is 30.3 Å². The van der Waals surface area contributed by atoms with Crippen LogP contribution in [0.25, 0.3) is 0 Å². The number of nitrogens with zero attached hydrogens (tertiary/aromatic N) is 1. The third-order valence-corrected chi connectivity index (χ3v) is 3.95. The number of ether oxygens (including phenoxy) is 1. The Morgan fingerprint density at radius 3 is 2.95 bits per heavy atom. The highest BCUT2D eigenvalue weighted by Crippen LogP contribution is 2.18. The highest BCUT2D eigenvalue weighted by atomic mass is 16.5. The van der Waals surface area contributed by atoms with Crippen LogP contribution in [0, 0.1) is 5.92 Å². The van der Waals surface area contributed by atoms with Crippen LogP contribution in [0.2, 0.25) is 0 Å². The van der Waals surface area contributed by atoms with Gasteiger partial charge in [-0.2, -0.15) is 0 Å². The number of piperidine rings is 1. The minimum absolute atomic E-state index is 0.130. The van der Waals surface area contributed by atoms with Gasteiger partial charge in [0.05, 0.1) is 5.92 Å². The van der Waals surface area contributed by atoms with Crippen LogP contribution < -0.4 is 5.32 Å². The summed E-state index contributed by atoms with van der Waals surface area (Å²) in [6.45, 7) is 4.30. The van der Waals surface area contributed by atoms with E-state index in [-0.39, 0.29) is 11.8 Å². The van der Waals surface area contributed by atoms with Crippen LogP contribution in [0.4, 0.5) is 0 Å². The Hall–Kier alpha value is -1.39. The van der Waals surface area contributed by atoms with Crippen LogP contribution in [0.3, 0.4) is 0 Å². The maximum absolute atomic E-state index is 12.2. The van der Waals surface area contributed by atoms with E-state index >= 15 is 0 Å². The molecule has 1 N–H and O–H groups in total. The molecule has 0 saturated carbocycles. The molecule has 1 aromatic carbocycles. The lowest BCUT2D eigenvalue weighted by Crippen LogP contribution is -2.43. The lowest BCUT2D eigenvalue weighted by atomic mass is 9.96. The molecule has 0 aliphatic carbocycles. The molecule has 1 aliphatic heterocycles. The minimum Gasteiger partial charge on any atom is -0.385 e. The average molecular weight is 290 g/mol. The topological polar surface area (TPSA) is 41.6 Å². The van der Waals surface area contributed by atoms with Gasteiger partial charge in [-0.3, -0.25) is 9.69 Å². The van der Waals surface area contributed by atoms with E-state index in [0.717, 1.165) is 38.9 Å². The molecule has 1 unspecified atom stereocenters. The molecule has 4 nitrogen and oxygen atoms in total. The number of carbonyl (C=O) groups is 1. The Kier molecular flexibility index (Phi) is 6.70. The minimum atomic E-state index is 0.130. The summed E-state index contributed by atoms with van der Waals surface area (Å²) in [6.07, 6.45) is 2.98. The van der Waals surface area contributed by atoms with E-state index in [1.807, 2.05) is 6.07 Å². The average Bonchev–Trinajstić information content (AvgIpc) is 2.53. The van der Waals surface area contributed by atoms with E-state index in [0.29, 0.717) is 13.2 Å². The van der Waals surface area contributed by atoms with E-state index in [1.165, 1.54) is 5.56 Å². The third-order valence-electron chi connectivity index (χ3n) is 3.95. The van der Waals surface area contributed by atoms with E-state index in [9.17, 15) is 4.79 Å². The number of carbonyl (C=O) groups excluding carboxylic acids is 1. The summed E-state index contributed by atoms with van der Waals surface area (Å²) in [5, 5.41) is 3.03. The van der Waals surface area contributed by atoms with Crippen molar-refractivity contribution in [3.63, 3.8) is 0 Å². The SMILES string of the molecule is COCCCNC(=O)C1CCCN(Cc2ccccc2)C1. The van der Waals surface area contributed by atoms with Gasteiger partial charge in [-0.25, -0.2) is 0 Å². The predicted octanol–water partition coefficient (Wildman–Crippen LogP) is 2.05. The van der Waals surface area contributed by atoms with Gasteiger partial charge in [0.1, 0.15) is 0 Å². The van der Waals surface area contributed by atoms with Gasteiger partial charge in [0.2, 0.25) is 5.91 Å². The van der Waals surface area contributed by atoms with Gasteiger partial charge in [-0.1, -0.05) is 30.3 Å². The molecule has 0 aromatic heterocycles. The maximum atomic E-state index is 12.2. The van der Waals surface area contributed by atoms with E-state index in [1.54, 1.807) is 7.11 Å². The van der Waals surface area contributed by atoms with Crippen molar-refractivity contribution >= 4 is 5.91 Å². The summed E-state index contributed by atoms with van der Waals surface area (Å²) in [5.41, 5.74) is 1.32. The Labute approximate surface area is 127 Å². The summed E-state index contributed by atoms with van der Waals surface area (Å²) >= 11 is 0. The summed E-state index contributed by atoms with van der Waals surface area (Å²) in [4.78, 5) is 14.6. The van der Waals surface area contributed by atoms with Gasteiger partial charge in [-0.05, 0) is 31.4 Å². The first-order valence-corrected chi connectivity index (χ1v) is 7.82. The number of benzene rings is 1. The van der Waals surface area contributed by atoms with Gasteiger partial charge in [0, 0.05) is 33.4 Å². The van der Waals surface area contributed by atoms with Crippen molar-refractivity contribution in [1.82, 2.24) is 10.2 Å². The molecule has 0 spiro atoms. The lowest BCUT2D eigenvalue weighted by molar-refractivity contribution is -0.126. The van der Waals surface area contributed by atoms with Crippen molar-refractivity contribution in [1.29, 1.82) is 0 Å². The van der Waals surface area contributed by atoms with Crippen molar-refractivity contribution < 1.29 is 9.53 Å². The van der Waals surface area contributed by atoms with Crippen LogP contribution in [0.1, 0.15) is 24.8 Å². The number of amides is 1. The zero-order valence-electron chi connectivity index (χ0n) is 12.9. The summed E-state index contributed by atoms with van der Waals surface area (Å²) < 4.78 is 4.99. The molecule has 0 radical (unpaired) electrons. The van der Waals surface area contributed by atoms with Gasteiger partial charge < -0.3 is 10.1 Å². The quantitative estimate of drug-likeness (QED) is 0.782. The fourth-order valence-corrected chi connectivity index (χ4v) is 2.83. The predicted molar refractivity (Wildman–Crippen MR) is 83.9 cm³/mol. The molecule has 1 saturated heterocycles. The Morgan fingerprint density at radius 1 is 1.38 bits per heavy atom. The standard InChI is InChI=1S/C17H26N2O2/c1-21-12-6-10-18-17(20)16-9-5-11-19(14-16)13-15-7-3-2-4-8-15/h2-4,7-8,16H,5-6,9-14H2,1H3,(H,18,20). The highest BCUT2D eigenvalue weighted by molar-refractivity contribution is 5.78. The van der Waals surface area contributed by atoms with Crippen LogP contribution in [0.5, 0.6) is 0 Å². The van der Waals surface area contributed by atoms with Crippen LogP contribution in [-0.4, -0.2) is 44.2 Å². The van der Waals surface area contributed by atoms with Gasteiger partial charge in [0.15, 0.2) is 0 Å². The van der Waals surface area contributed by atoms with E-state index < -0.39 is 0 Å². The number of hydrogen-bond acceptors (Lipinski definition) is 3. The van der Waals surface area contributed by atoms with Crippen molar-refractivity contribution in [3.05, 3.63) is 35.9 Å². The highest BCUT2D eigenvalue weighted by Gasteiger charge is 2.25. The molecule has 1 aromatic rings. The molecule has 21 heavy (non-hydrogen) atoms. The van der Waals surface area contributed by atoms with E-state index in [4.69, 9.17) is 4.74 Å². The summed E-state index contributed by atoms with van der Waals surface area (Å²) in [6, 6.07) is 10.5.